The highest BCUT2D eigenvalue weighted by Crippen LogP contribution is 2.38. The number of hydrogen-bond donors (Lipinski definition) is 2. The van der Waals surface area contributed by atoms with Gasteiger partial charge in [0.1, 0.15) is 15.8 Å². The lowest BCUT2D eigenvalue weighted by Gasteiger charge is -2.08. The van der Waals surface area contributed by atoms with Gasteiger partial charge in [-0.05, 0) is 61.0 Å². The Morgan fingerprint density at radius 3 is 2.37 bits per heavy atom. The first-order valence-electron chi connectivity index (χ1n) is 11.3. The molecule has 0 saturated carbocycles. The van der Waals surface area contributed by atoms with E-state index in [1.54, 1.807) is 43.3 Å². The van der Waals surface area contributed by atoms with Gasteiger partial charge in [-0.3, -0.25) is 19.1 Å². The molecule has 2 heterocycles. The summed E-state index contributed by atoms with van der Waals surface area (Å²) < 4.78 is 34.0. The molecule has 1 atom stereocenters. The van der Waals surface area contributed by atoms with Crippen LogP contribution in [-0.2, 0) is 10.1 Å². The molecule has 188 valence electrons. The summed E-state index contributed by atoms with van der Waals surface area (Å²) in [4.78, 5) is 46.3. The van der Waals surface area contributed by atoms with Crippen LogP contribution in [0.5, 0.6) is 0 Å². The molecular formula is C27H16N2O7S2. The molecular weight excluding hydrogens is 528 g/mol. The van der Waals surface area contributed by atoms with E-state index in [2.05, 4.69) is 9.97 Å². The first kappa shape index (κ1) is 24.0. The second kappa shape index (κ2) is 8.35. The van der Waals surface area contributed by atoms with E-state index in [1.165, 1.54) is 18.2 Å². The van der Waals surface area contributed by atoms with E-state index in [0.717, 1.165) is 11.3 Å². The lowest BCUT2D eigenvalue weighted by atomic mass is 9.98. The molecule has 0 aliphatic heterocycles. The SMILES string of the molecule is Cc1ccc2nc(-c3ccc4nc(C5C(=O)c6ccc(C(=O)O)cc6C5=O)ccc4c3)sc2c1S(=O)(=O)O. The smallest absolute Gasteiger partial charge is 0.335 e. The van der Waals surface area contributed by atoms with Crippen LogP contribution in [0.15, 0.2) is 65.6 Å². The van der Waals surface area contributed by atoms with Crippen LogP contribution in [-0.4, -0.2) is 45.6 Å². The van der Waals surface area contributed by atoms with Crippen molar-refractivity contribution >= 4 is 60.1 Å². The highest BCUT2D eigenvalue weighted by molar-refractivity contribution is 7.86. The normalized spacial score (nSPS) is 15.4. The standard InChI is InChI=1S/C27H16N2O7S2/c1-12-2-7-20-24(25(12)38(34,35)36)37-26(29-20)14-5-8-18-13(10-14)4-9-19(28-18)21-22(30)16-6-3-15(27(32)33)11-17(16)23(21)31/h2-11,21H,1H3,(H,32,33)(H,34,35,36). The Morgan fingerprint density at radius 2 is 1.63 bits per heavy atom. The molecule has 9 nitrogen and oxygen atoms in total. The molecule has 38 heavy (non-hydrogen) atoms. The quantitative estimate of drug-likeness (QED) is 0.237. The Morgan fingerprint density at radius 1 is 0.895 bits per heavy atom. The van der Waals surface area contributed by atoms with Crippen molar-refractivity contribution in [3.63, 3.8) is 0 Å². The number of fused-ring (bicyclic) bond motifs is 3. The molecule has 6 rings (SSSR count). The van der Waals surface area contributed by atoms with Crippen molar-refractivity contribution in [2.24, 2.45) is 0 Å². The Balaban J connectivity index is 1.38. The zero-order valence-electron chi connectivity index (χ0n) is 19.5. The average Bonchev–Trinajstić information content (AvgIpc) is 3.41. The van der Waals surface area contributed by atoms with Crippen molar-refractivity contribution in [2.75, 3.05) is 0 Å². The maximum atomic E-state index is 13.0. The summed E-state index contributed by atoms with van der Waals surface area (Å²) in [7, 11) is -4.44. The predicted molar refractivity (Wildman–Crippen MR) is 140 cm³/mol. The largest absolute Gasteiger partial charge is 0.478 e. The number of carbonyl (C=O) groups excluding carboxylic acids is 2. The molecule has 0 radical (unpaired) electrons. The fourth-order valence-electron chi connectivity index (χ4n) is 4.74. The minimum absolute atomic E-state index is 0.0710. The number of Topliss-reactive ketones (excluding diaryl/α,β-unsaturated/α-hetero) is 2. The van der Waals surface area contributed by atoms with E-state index in [1.807, 2.05) is 6.07 Å². The van der Waals surface area contributed by atoms with Crippen molar-refractivity contribution in [3.8, 4) is 10.6 Å². The fourth-order valence-corrected chi connectivity index (χ4v) is 7.05. The average molecular weight is 545 g/mol. The van der Waals surface area contributed by atoms with Crippen molar-refractivity contribution < 1.29 is 32.5 Å². The molecule has 2 aromatic heterocycles. The van der Waals surface area contributed by atoms with Crippen molar-refractivity contribution in [1.82, 2.24) is 9.97 Å². The van der Waals surface area contributed by atoms with Gasteiger partial charge in [0.25, 0.3) is 10.1 Å². The molecule has 1 aliphatic rings. The van der Waals surface area contributed by atoms with Gasteiger partial charge in [0.15, 0.2) is 11.6 Å². The van der Waals surface area contributed by atoms with Gasteiger partial charge < -0.3 is 5.11 Å². The molecule has 0 bridgehead atoms. The first-order chi connectivity index (χ1) is 18.0. The second-order valence-corrected chi connectivity index (χ2v) is 11.3. The number of rotatable bonds is 4. The zero-order chi connectivity index (χ0) is 26.9. The molecule has 0 saturated heterocycles. The summed E-state index contributed by atoms with van der Waals surface area (Å²) in [6, 6.07) is 15.8. The number of aromatic carboxylic acids is 1. The van der Waals surface area contributed by atoms with Crippen LogP contribution in [0, 0.1) is 6.92 Å². The van der Waals surface area contributed by atoms with Crippen LogP contribution >= 0.6 is 11.3 Å². The number of carbonyl (C=O) groups is 3. The number of thiazole rings is 1. The molecule has 1 aliphatic carbocycles. The maximum Gasteiger partial charge on any atom is 0.335 e. The Kier molecular flexibility index (Phi) is 5.28. The second-order valence-electron chi connectivity index (χ2n) is 8.92. The highest BCUT2D eigenvalue weighted by atomic mass is 32.2. The topological polar surface area (TPSA) is 152 Å². The van der Waals surface area contributed by atoms with Crippen molar-refractivity contribution in [2.45, 2.75) is 17.7 Å². The van der Waals surface area contributed by atoms with Crippen LogP contribution in [0.4, 0.5) is 0 Å². The van der Waals surface area contributed by atoms with Gasteiger partial charge in [0, 0.05) is 22.1 Å². The minimum atomic E-state index is -4.44. The number of benzene rings is 3. The van der Waals surface area contributed by atoms with Gasteiger partial charge in [0.05, 0.1) is 27.0 Å². The van der Waals surface area contributed by atoms with Gasteiger partial charge in [-0.1, -0.05) is 12.1 Å². The number of pyridine rings is 1. The van der Waals surface area contributed by atoms with Gasteiger partial charge >= 0.3 is 5.97 Å². The lowest BCUT2D eigenvalue weighted by molar-refractivity contribution is 0.0696. The third-order valence-corrected chi connectivity index (χ3v) is 8.85. The maximum absolute atomic E-state index is 13.0. The number of carboxylic acid groups (broad SMARTS) is 1. The van der Waals surface area contributed by atoms with Gasteiger partial charge in [-0.25, -0.2) is 9.78 Å². The van der Waals surface area contributed by atoms with E-state index in [-0.39, 0.29) is 27.3 Å². The van der Waals surface area contributed by atoms with Crippen LogP contribution in [0.1, 0.15) is 48.2 Å². The van der Waals surface area contributed by atoms with E-state index < -0.39 is 33.6 Å². The number of ketones is 2. The third-order valence-electron chi connectivity index (χ3n) is 6.54. The van der Waals surface area contributed by atoms with Gasteiger partial charge in [-0.2, -0.15) is 8.42 Å². The molecule has 11 heteroatoms. The molecule has 0 fully saturated rings. The van der Waals surface area contributed by atoms with E-state index in [4.69, 9.17) is 0 Å². The summed E-state index contributed by atoms with van der Waals surface area (Å²) in [6.07, 6.45) is 0. The summed E-state index contributed by atoms with van der Waals surface area (Å²) in [5.41, 5.74) is 2.55. The minimum Gasteiger partial charge on any atom is -0.478 e. The van der Waals surface area contributed by atoms with E-state index in [9.17, 15) is 32.5 Å². The monoisotopic (exact) mass is 544 g/mol. The molecule has 1 unspecified atom stereocenters. The van der Waals surface area contributed by atoms with Crippen LogP contribution < -0.4 is 0 Å². The Bertz CT molecular complexity index is 1990. The Hall–Kier alpha value is -4.32. The van der Waals surface area contributed by atoms with Crippen LogP contribution in [0.3, 0.4) is 0 Å². The number of carboxylic acids is 1. The van der Waals surface area contributed by atoms with E-state index in [0.29, 0.717) is 37.3 Å². The molecule has 5 aromatic rings. The van der Waals surface area contributed by atoms with Crippen LogP contribution in [0.25, 0.3) is 31.7 Å². The molecule has 0 spiro atoms. The first-order valence-corrected chi connectivity index (χ1v) is 13.5. The number of nitrogens with zero attached hydrogens (tertiary/aromatic N) is 2. The number of hydrogen-bond acceptors (Lipinski definition) is 8. The van der Waals surface area contributed by atoms with E-state index >= 15 is 0 Å². The zero-order valence-corrected chi connectivity index (χ0v) is 21.1. The third kappa shape index (κ3) is 3.71. The van der Waals surface area contributed by atoms with Crippen molar-refractivity contribution in [3.05, 3.63) is 88.6 Å². The number of aromatic nitrogens is 2. The van der Waals surface area contributed by atoms with Gasteiger partial charge in [0.2, 0.25) is 0 Å². The van der Waals surface area contributed by atoms with Crippen molar-refractivity contribution in [1.29, 1.82) is 0 Å². The van der Waals surface area contributed by atoms with Crippen LogP contribution in [0.2, 0.25) is 0 Å². The molecule has 3 aromatic carbocycles. The summed E-state index contributed by atoms with van der Waals surface area (Å²) in [6.45, 7) is 1.60. The van der Waals surface area contributed by atoms with Gasteiger partial charge in [-0.15, -0.1) is 11.3 Å². The summed E-state index contributed by atoms with van der Waals surface area (Å²) >= 11 is 1.15. The fraction of sp³-hybridized carbons (Fsp3) is 0.0741. The Labute approximate surface area is 219 Å². The molecule has 2 N–H and O–H groups in total. The molecule has 0 amide bonds. The summed E-state index contributed by atoms with van der Waals surface area (Å²) in [5.74, 6) is -3.25. The lowest BCUT2D eigenvalue weighted by Crippen LogP contribution is -2.14. The summed E-state index contributed by atoms with van der Waals surface area (Å²) in [5, 5.41) is 10.5. The number of aryl methyl sites for hydroxylation is 1. The predicted octanol–water partition coefficient (Wildman–Crippen LogP) is 4.93. The highest BCUT2D eigenvalue weighted by Gasteiger charge is 2.41.